The predicted molar refractivity (Wildman–Crippen MR) is 77.3 cm³/mol. The lowest BCUT2D eigenvalue weighted by molar-refractivity contribution is 0.0771. The zero-order chi connectivity index (χ0) is 15.7. The fourth-order valence-corrected chi connectivity index (χ4v) is 2.96. The van der Waals surface area contributed by atoms with Crippen LogP contribution in [0, 0.1) is 17.6 Å². The van der Waals surface area contributed by atoms with Gasteiger partial charge in [0.25, 0.3) is 5.91 Å². The van der Waals surface area contributed by atoms with Crippen LogP contribution < -0.4 is 0 Å². The fourth-order valence-electron chi connectivity index (χ4n) is 2.96. The van der Waals surface area contributed by atoms with Crippen molar-refractivity contribution in [3.05, 3.63) is 53.6 Å². The highest BCUT2D eigenvalue weighted by Crippen LogP contribution is 2.23. The van der Waals surface area contributed by atoms with Gasteiger partial charge in [-0.2, -0.15) is 0 Å². The van der Waals surface area contributed by atoms with Crippen molar-refractivity contribution in [2.75, 3.05) is 13.1 Å². The number of aryl methyl sites for hydroxylation is 1. The number of aromatic nitrogens is 2. The van der Waals surface area contributed by atoms with E-state index in [2.05, 4.69) is 4.98 Å². The van der Waals surface area contributed by atoms with E-state index in [9.17, 15) is 13.6 Å². The third-order valence-electron chi connectivity index (χ3n) is 4.03. The zero-order valence-electron chi connectivity index (χ0n) is 12.3. The van der Waals surface area contributed by atoms with Gasteiger partial charge in [0.1, 0.15) is 11.6 Å². The number of rotatable bonds is 3. The average molecular weight is 305 g/mol. The number of halogens is 2. The molecule has 1 fully saturated rings. The monoisotopic (exact) mass is 305 g/mol. The second-order valence-electron chi connectivity index (χ2n) is 5.75. The van der Waals surface area contributed by atoms with Crippen molar-refractivity contribution in [1.29, 1.82) is 0 Å². The molecule has 0 N–H and O–H groups in total. The van der Waals surface area contributed by atoms with Gasteiger partial charge in [0.2, 0.25) is 0 Å². The van der Waals surface area contributed by atoms with Crippen LogP contribution in [0.1, 0.15) is 22.6 Å². The van der Waals surface area contributed by atoms with Gasteiger partial charge in [-0.15, -0.1) is 0 Å². The van der Waals surface area contributed by atoms with Crippen LogP contribution in [0.15, 0.2) is 30.6 Å². The Balaban J connectivity index is 1.65. The van der Waals surface area contributed by atoms with Gasteiger partial charge in [-0.1, -0.05) is 0 Å². The number of nitrogens with zero attached hydrogens (tertiary/aromatic N) is 3. The molecule has 6 heteroatoms. The van der Waals surface area contributed by atoms with Crippen LogP contribution >= 0.6 is 0 Å². The van der Waals surface area contributed by atoms with E-state index in [4.69, 9.17) is 0 Å². The lowest BCUT2D eigenvalue weighted by atomic mass is 9.98. The Bertz CT molecular complexity index is 678. The molecule has 1 atom stereocenters. The van der Waals surface area contributed by atoms with Crippen LogP contribution in [0.3, 0.4) is 0 Å². The van der Waals surface area contributed by atoms with Gasteiger partial charge in [0.15, 0.2) is 5.82 Å². The largest absolute Gasteiger partial charge is 0.336 e. The normalized spacial score (nSPS) is 18.0. The molecule has 1 aliphatic heterocycles. The smallest absolute Gasteiger partial charge is 0.289 e. The molecule has 0 radical (unpaired) electrons. The molecule has 0 spiro atoms. The number of hydrogen-bond acceptors (Lipinski definition) is 2. The Morgan fingerprint density at radius 1 is 1.32 bits per heavy atom. The number of amides is 1. The lowest BCUT2D eigenvalue weighted by Gasteiger charge is -2.16. The van der Waals surface area contributed by atoms with Crippen LogP contribution in [0.5, 0.6) is 0 Å². The van der Waals surface area contributed by atoms with Crippen molar-refractivity contribution >= 4 is 5.91 Å². The molecule has 2 aromatic rings. The molecular formula is C16H17F2N3O. The van der Waals surface area contributed by atoms with Crippen molar-refractivity contribution in [3.63, 3.8) is 0 Å². The van der Waals surface area contributed by atoms with Crippen LogP contribution in [-0.2, 0) is 13.5 Å². The van der Waals surface area contributed by atoms with Crippen molar-refractivity contribution in [2.24, 2.45) is 13.0 Å². The van der Waals surface area contributed by atoms with E-state index in [1.807, 2.05) is 0 Å². The van der Waals surface area contributed by atoms with Crippen LogP contribution in [0.4, 0.5) is 8.78 Å². The molecule has 1 aromatic carbocycles. The number of hydrogen-bond donors (Lipinski definition) is 0. The summed E-state index contributed by atoms with van der Waals surface area (Å²) in [5.74, 6) is -0.592. The van der Waals surface area contributed by atoms with Crippen LogP contribution in [0.25, 0.3) is 0 Å². The Morgan fingerprint density at radius 3 is 2.68 bits per heavy atom. The highest BCUT2D eigenvalue weighted by Gasteiger charge is 2.28. The molecule has 22 heavy (non-hydrogen) atoms. The summed E-state index contributed by atoms with van der Waals surface area (Å²) in [5.41, 5.74) is 0.633. The van der Waals surface area contributed by atoms with E-state index in [0.717, 1.165) is 12.5 Å². The SMILES string of the molecule is Cn1ccnc1C(=O)N1CCC(Cc2cc(F)cc(F)c2)C1. The molecule has 1 aromatic heterocycles. The van der Waals surface area contributed by atoms with Gasteiger partial charge in [-0.3, -0.25) is 4.79 Å². The minimum absolute atomic E-state index is 0.0968. The number of imidazole rings is 1. The third kappa shape index (κ3) is 3.00. The summed E-state index contributed by atoms with van der Waals surface area (Å²) in [4.78, 5) is 18.2. The summed E-state index contributed by atoms with van der Waals surface area (Å²) in [6.07, 6.45) is 4.72. The first-order valence-electron chi connectivity index (χ1n) is 7.24. The minimum atomic E-state index is -0.561. The molecule has 0 aliphatic carbocycles. The molecule has 4 nitrogen and oxygen atoms in total. The second kappa shape index (κ2) is 5.87. The lowest BCUT2D eigenvalue weighted by Crippen LogP contribution is -2.31. The topological polar surface area (TPSA) is 38.1 Å². The molecular weight excluding hydrogens is 288 g/mol. The number of carbonyl (C=O) groups is 1. The molecule has 0 saturated carbocycles. The molecule has 1 amide bonds. The third-order valence-corrected chi connectivity index (χ3v) is 4.03. The van der Waals surface area contributed by atoms with E-state index in [1.165, 1.54) is 12.1 Å². The number of benzene rings is 1. The molecule has 1 aliphatic rings. The van der Waals surface area contributed by atoms with E-state index in [-0.39, 0.29) is 11.8 Å². The first-order valence-corrected chi connectivity index (χ1v) is 7.24. The maximum atomic E-state index is 13.2. The van der Waals surface area contributed by atoms with Gasteiger partial charge in [-0.05, 0) is 36.5 Å². The van der Waals surface area contributed by atoms with E-state index in [0.29, 0.717) is 30.9 Å². The Kier molecular flexibility index (Phi) is 3.92. The maximum Gasteiger partial charge on any atom is 0.289 e. The van der Waals surface area contributed by atoms with E-state index >= 15 is 0 Å². The van der Waals surface area contributed by atoms with Gasteiger partial charge >= 0.3 is 0 Å². The van der Waals surface area contributed by atoms with E-state index in [1.54, 1.807) is 28.9 Å². The highest BCUT2D eigenvalue weighted by atomic mass is 19.1. The minimum Gasteiger partial charge on any atom is -0.336 e. The van der Waals surface area contributed by atoms with Crippen molar-refractivity contribution in [1.82, 2.24) is 14.5 Å². The summed E-state index contributed by atoms with van der Waals surface area (Å²) < 4.78 is 28.1. The first-order chi connectivity index (χ1) is 10.5. The summed E-state index contributed by atoms with van der Waals surface area (Å²) in [5, 5.41) is 0. The second-order valence-corrected chi connectivity index (χ2v) is 5.75. The van der Waals surface area contributed by atoms with E-state index < -0.39 is 11.6 Å². The molecule has 1 unspecified atom stereocenters. The molecule has 0 bridgehead atoms. The summed E-state index contributed by atoms with van der Waals surface area (Å²) in [7, 11) is 1.78. The molecule has 3 rings (SSSR count). The van der Waals surface area contributed by atoms with Gasteiger partial charge in [0, 0.05) is 38.6 Å². The Labute approximate surface area is 127 Å². The Morgan fingerprint density at radius 2 is 2.05 bits per heavy atom. The van der Waals surface area contributed by atoms with Gasteiger partial charge in [0.05, 0.1) is 0 Å². The summed E-state index contributed by atoms with van der Waals surface area (Å²) in [6.45, 7) is 1.23. The molecule has 116 valence electrons. The van der Waals surface area contributed by atoms with Gasteiger partial charge in [-0.25, -0.2) is 13.8 Å². The number of likely N-dealkylation sites (tertiary alicyclic amines) is 1. The summed E-state index contributed by atoms with van der Waals surface area (Å²) >= 11 is 0. The Hall–Kier alpha value is -2.24. The first kappa shape index (κ1) is 14.7. The average Bonchev–Trinajstić information content (AvgIpc) is 3.06. The van der Waals surface area contributed by atoms with Crippen LogP contribution in [-0.4, -0.2) is 33.4 Å². The van der Waals surface area contributed by atoms with Crippen LogP contribution in [0.2, 0.25) is 0 Å². The maximum absolute atomic E-state index is 13.2. The fraction of sp³-hybridized carbons (Fsp3) is 0.375. The van der Waals surface area contributed by atoms with Gasteiger partial charge < -0.3 is 9.47 Å². The quantitative estimate of drug-likeness (QED) is 0.873. The molecule has 1 saturated heterocycles. The summed E-state index contributed by atoms with van der Waals surface area (Å²) in [6, 6.07) is 3.58. The van der Waals surface area contributed by atoms with Crippen molar-refractivity contribution in [3.8, 4) is 0 Å². The predicted octanol–water partition coefficient (Wildman–Crippen LogP) is 2.40. The number of carbonyl (C=O) groups excluding carboxylic acids is 1. The standard InChI is InChI=1S/C16H17F2N3O/c1-20-5-3-19-15(20)16(22)21-4-2-11(10-21)6-12-7-13(17)9-14(18)8-12/h3,5,7-9,11H,2,4,6,10H2,1H3. The molecule has 2 heterocycles. The van der Waals surface area contributed by atoms with Crippen molar-refractivity contribution in [2.45, 2.75) is 12.8 Å². The highest BCUT2D eigenvalue weighted by molar-refractivity contribution is 5.91. The van der Waals surface area contributed by atoms with Crippen molar-refractivity contribution < 1.29 is 13.6 Å². The zero-order valence-corrected chi connectivity index (χ0v) is 12.3.